The fourth-order valence-electron chi connectivity index (χ4n) is 1.86. The van der Waals surface area contributed by atoms with E-state index < -0.39 is 10.2 Å². The van der Waals surface area contributed by atoms with Gasteiger partial charge in [0.2, 0.25) is 0 Å². The average molecular weight is 268 g/mol. The normalized spacial score (nSPS) is 16.7. The molecule has 6 nitrogen and oxygen atoms in total. The molecule has 0 unspecified atom stereocenters. The van der Waals surface area contributed by atoms with Crippen LogP contribution in [-0.2, 0) is 10.2 Å². The molecule has 0 spiro atoms. The molecule has 0 atom stereocenters. The molecular formula is C11H16N4O2S. The van der Waals surface area contributed by atoms with Crippen molar-refractivity contribution in [2.75, 3.05) is 17.8 Å². The number of anilines is 1. The molecular weight excluding hydrogens is 252 g/mol. The predicted octanol–water partition coefficient (Wildman–Crippen LogP) is 0.723. The number of rotatable bonds is 4. The van der Waals surface area contributed by atoms with Crippen molar-refractivity contribution in [3.05, 3.63) is 29.8 Å². The maximum atomic E-state index is 12.0. The van der Waals surface area contributed by atoms with E-state index in [2.05, 4.69) is 4.72 Å². The Bertz CT molecular complexity index is 533. The summed E-state index contributed by atoms with van der Waals surface area (Å²) in [5, 5.41) is 7.25. The molecule has 0 bridgehead atoms. The Morgan fingerprint density at radius 1 is 1.22 bits per heavy atom. The molecule has 1 fully saturated rings. The third-order valence-corrected chi connectivity index (χ3v) is 4.39. The fraction of sp³-hybridized carbons (Fsp3) is 0.364. The lowest BCUT2D eigenvalue weighted by Crippen LogP contribution is -2.33. The summed E-state index contributed by atoms with van der Waals surface area (Å²) in [5.41, 5.74) is 6.37. The van der Waals surface area contributed by atoms with Gasteiger partial charge in [0.15, 0.2) is 0 Å². The number of hydrogen-bond acceptors (Lipinski definition) is 3. The number of nitrogen functional groups attached to an aromatic ring is 1. The molecule has 2 rings (SSSR count). The Balaban J connectivity index is 2.11. The van der Waals surface area contributed by atoms with Crippen LogP contribution in [0.1, 0.15) is 18.4 Å². The minimum absolute atomic E-state index is 0.0380. The maximum absolute atomic E-state index is 12.0. The van der Waals surface area contributed by atoms with E-state index in [1.54, 1.807) is 24.3 Å². The van der Waals surface area contributed by atoms with Crippen LogP contribution in [0, 0.1) is 5.41 Å². The molecule has 4 N–H and O–H groups in total. The highest BCUT2D eigenvalue weighted by Gasteiger charge is 2.24. The van der Waals surface area contributed by atoms with E-state index in [0.29, 0.717) is 24.3 Å². The SMILES string of the molecule is N=C(N)c1ccc(NS(=O)(=O)N2CCCC2)cc1. The molecule has 0 aliphatic carbocycles. The van der Waals surface area contributed by atoms with Gasteiger partial charge >= 0.3 is 10.2 Å². The van der Waals surface area contributed by atoms with Crippen LogP contribution in [0.5, 0.6) is 0 Å². The minimum atomic E-state index is -3.45. The van der Waals surface area contributed by atoms with E-state index in [1.807, 2.05) is 0 Å². The van der Waals surface area contributed by atoms with Crippen LogP contribution >= 0.6 is 0 Å². The van der Waals surface area contributed by atoms with Crippen molar-refractivity contribution in [2.45, 2.75) is 12.8 Å². The topological polar surface area (TPSA) is 99.3 Å². The third-order valence-electron chi connectivity index (χ3n) is 2.85. The van der Waals surface area contributed by atoms with Gasteiger partial charge in [-0.1, -0.05) is 0 Å². The molecule has 1 aromatic carbocycles. The molecule has 98 valence electrons. The Kier molecular flexibility index (Phi) is 3.53. The van der Waals surface area contributed by atoms with E-state index >= 15 is 0 Å². The number of amidine groups is 1. The lowest BCUT2D eigenvalue weighted by Gasteiger charge is -2.16. The van der Waals surface area contributed by atoms with E-state index in [1.165, 1.54) is 4.31 Å². The van der Waals surface area contributed by atoms with Crippen LogP contribution in [0.25, 0.3) is 0 Å². The zero-order chi connectivity index (χ0) is 13.2. The highest BCUT2D eigenvalue weighted by molar-refractivity contribution is 7.90. The summed E-state index contributed by atoms with van der Waals surface area (Å²) in [4.78, 5) is 0. The van der Waals surface area contributed by atoms with Gasteiger partial charge in [0, 0.05) is 24.3 Å². The summed E-state index contributed by atoms with van der Waals surface area (Å²) in [6, 6.07) is 6.43. The molecule has 0 amide bonds. The molecule has 7 heteroatoms. The standard InChI is InChI=1S/C11H16N4O2S/c12-11(13)9-3-5-10(6-4-9)14-18(16,17)15-7-1-2-8-15/h3-6,14H,1-2,7-8H2,(H3,12,13). The second-order valence-corrected chi connectivity index (χ2v) is 5.87. The minimum Gasteiger partial charge on any atom is -0.384 e. The maximum Gasteiger partial charge on any atom is 0.301 e. The zero-order valence-electron chi connectivity index (χ0n) is 9.89. The van der Waals surface area contributed by atoms with Gasteiger partial charge in [-0.2, -0.15) is 12.7 Å². The number of nitrogens with one attached hydrogen (secondary N) is 2. The van der Waals surface area contributed by atoms with Crippen LogP contribution in [-0.4, -0.2) is 31.6 Å². The number of nitrogens with zero attached hydrogens (tertiary/aromatic N) is 1. The first-order chi connectivity index (χ1) is 8.49. The van der Waals surface area contributed by atoms with Gasteiger partial charge in [-0.05, 0) is 37.1 Å². The quantitative estimate of drug-likeness (QED) is 0.554. The van der Waals surface area contributed by atoms with Gasteiger partial charge in [-0.15, -0.1) is 0 Å². The van der Waals surface area contributed by atoms with Crippen molar-refractivity contribution < 1.29 is 8.42 Å². The van der Waals surface area contributed by atoms with Crippen molar-refractivity contribution in [3.8, 4) is 0 Å². The fourth-order valence-corrected chi connectivity index (χ4v) is 3.16. The van der Waals surface area contributed by atoms with E-state index in [9.17, 15) is 8.42 Å². The molecule has 1 aromatic rings. The van der Waals surface area contributed by atoms with E-state index in [-0.39, 0.29) is 5.84 Å². The van der Waals surface area contributed by atoms with Crippen LogP contribution in [0.15, 0.2) is 24.3 Å². The molecule has 0 aromatic heterocycles. The first-order valence-electron chi connectivity index (χ1n) is 5.71. The molecule has 18 heavy (non-hydrogen) atoms. The van der Waals surface area contributed by atoms with Crippen LogP contribution < -0.4 is 10.5 Å². The summed E-state index contributed by atoms with van der Waals surface area (Å²) >= 11 is 0. The Morgan fingerprint density at radius 2 is 1.78 bits per heavy atom. The Morgan fingerprint density at radius 3 is 2.28 bits per heavy atom. The summed E-state index contributed by atoms with van der Waals surface area (Å²) in [7, 11) is -3.45. The van der Waals surface area contributed by atoms with Crippen LogP contribution in [0.2, 0.25) is 0 Å². The van der Waals surface area contributed by atoms with Gasteiger partial charge in [-0.3, -0.25) is 10.1 Å². The van der Waals surface area contributed by atoms with Crippen molar-refractivity contribution in [1.29, 1.82) is 5.41 Å². The van der Waals surface area contributed by atoms with Crippen LogP contribution in [0.4, 0.5) is 5.69 Å². The Labute approximate surface area is 106 Å². The summed E-state index contributed by atoms with van der Waals surface area (Å²) < 4.78 is 27.9. The van der Waals surface area contributed by atoms with Crippen molar-refractivity contribution in [2.24, 2.45) is 5.73 Å². The van der Waals surface area contributed by atoms with Gasteiger partial charge in [0.05, 0.1) is 0 Å². The highest BCUT2D eigenvalue weighted by Crippen LogP contribution is 2.17. The lowest BCUT2D eigenvalue weighted by atomic mass is 10.2. The van der Waals surface area contributed by atoms with Crippen molar-refractivity contribution >= 4 is 21.7 Å². The predicted molar refractivity (Wildman–Crippen MR) is 70.8 cm³/mol. The zero-order valence-corrected chi connectivity index (χ0v) is 10.7. The number of nitrogens with two attached hydrogens (primary N) is 1. The summed E-state index contributed by atoms with van der Waals surface area (Å²) in [6.45, 7) is 1.14. The van der Waals surface area contributed by atoms with E-state index in [0.717, 1.165) is 12.8 Å². The molecule has 0 radical (unpaired) electrons. The Hall–Kier alpha value is -1.60. The third kappa shape index (κ3) is 2.80. The molecule has 1 saturated heterocycles. The van der Waals surface area contributed by atoms with Crippen molar-refractivity contribution in [3.63, 3.8) is 0 Å². The van der Waals surface area contributed by atoms with Crippen molar-refractivity contribution in [1.82, 2.24) is 4.31 Å². The van der Waals surface area contributed by atoms with Gasteiger partial charge in [-0.25, -0.2) is 0 Å². The van der Waals surface area contributed by atoms with Gasteiger partial charge in [0.1, 0.15) is 5.84 Å². The summed E-state index contributed by atoms with van der Waals surface area (Å²) in [6.07, 6.45) is 1.81. The molecule has 0 saturated carbocycles. The number of benzene rings is 1. The smallest absolute Gasteiger partial charge is 0.301 e. The molecule has 1 heterocycles. The monoisotopic (exact) mass is 268 g/mol. The second kappa shape index (κ2) is 4.95. The summed E-state index contributed by atoms with van der Waals surface area (Å²) in [5.74, 6) is -0.0380. The van der Waals surface area contributed by atoms with Crippen LogP contribution in [0.3, 0.4) is 0 Å². The largest absolute Gasteiger partial charge is 0.384 e. The molecule has 1 aliphatic rings. The lowest BCUT2D eigenvalue weighted by molar-refractivity contribution is 0.482. The first-order valence-corrected chi connectivity index (χ1v) is 7.15. The molecule has 1 aliphatic heterocycles. The van der Waals surface area contributed by atoms with Gasteiger partial charge in [0.25, 0.3) is 0 Å². The highest BCUT2D eigenvalue weighted by atomic mass is 32.2. The second-order valence-electron chi connectivity index (χ2n) is 4.20. The number of hydrogen-bond donors (Lipinski definition) is 3. The average Bonchev–Trinajstić information content (AvgIpc) is 2.83. The first kappa shape index (κ1) is 12.8. The van der Waals surface area contributed by atoms with E-state index in [4.69, 9.17) is 11.1 Å². The van der Waals surface area contributed by atoms with Gasteiger partial charge < -0.3 is 5.73 Å².